The van der Waals surface area contributed by atoms with E-state index in [2.05, 4.69) is 5.32 Å². The average Bonchev–Trinajstić information content (AvgIpc) is 2.77. The number of halogens is 3. The number of nitrogens with zero attached hydrogens (tertiary/aromatic N) is 1. The quantitative estimate of drug-likeness (QED) is 0.458. The van der Waals surface area contributed by atoms with Crippen LogP contribution in [0.15, 0.2) is 42.5 Å². The summed E-state index contributed by atoms with van der Waals surface area (Å²) in [5.41, 5.74) is 1.60. The molecule has 2 amide bonds. The zero-order chi connectivity index (χ0) is 23.1. The Morgan fingerprint density at radius 3 is 2.28 bits per heavy atom. The minimum atomic E-state index is -0.580. The lowest BCUT2D eigenvalue weighted by atomic mass is 9.95. The summed E-state index contributed by atoms with van der Waals surface area (Å²) in [7, 11) is 0. The van der Waals surface area contributed by atoms with Crippen molar-refractivity contribution in [2.24, 2.45) is 0 Å². The Labute approximate surface area is 205 Å². The average molecular weight is 496 g/mol. The standard InChI is InChI=1S/C25H29Cl3N2O2/c1-2-23(25(32)29-21-6-4-3-5-7-21)30(16-18-10-13-20(27)15-22(18)28)24(31)14-17-8-11-19(26)12-9-17/h8-13,15,21,23H,2-7,14,16H2,1H3,(H,29,32)/t23-/m1/s1. The molecule has 32 heavy (non-hydrogen) atoms. The van der Waals surface area contributed by atoms with Crippen molar-refractivity contribution in [2.45, 2.75) is 70.5 Å². The van der Waals surface area contributed by atoms with E-state index in [-0.39, 0.29) is 30.8 Å². The predicted molar refractivity (Wildman–Crippen MR) is 131 cm³/mol. The van der Waals surface area contributed by atoms with Gasteiger partial charge in [0.1, 0.15) is 6.04 Å². The highest BCUT2D eigenvalue weighted by Crippen LogP contribution is 2.25. The zero-order valence-corrected chi connectivity index (χ0v) is 20.5. The van der Waals surface area contributed by atoms with Crippen molar-refractivity contribution < 1.29 is 9.59 Å². The summed E-state index contributed by atoms with van der Waals surface area (Å²) in [6, 6.07) is 12.0. The molecule has 1 N–H and O–H groups in total. The molecule has 0 aromatic heterocycles. The van der Waals surface area contributed by atoms with Gasteiger partial charge in [-0.05, 0) is 54.7 Å². The number of rotatable bonds is 8. The molecule has 4 nitrogen and oxygen atoms in total. The Hall–Kier alpha value is -1.75. The van der Waals surface area contributed by atoms with Crippen LogP contribution >= 0.6 is 34.8 Å². The van der Waals surface area contributed by atoms with E-state index in [4.69, 9.17) is 34.8 Å². The van der Waals surface area contributed by atoms with Gasteiger partial charge in [0.05, 0.1) is 6.42 Å². The first-order valence-electron chi connectivity index (χ1n) is 11.2. The molecule has 1 aliphatic rings. The van der Waals surface area contributed by atoms with Crippen molar-refractivity contribution in [1.82, 2.24) is 10.2 Å². The van der Waals surface area contributed by atoms with Crippen LogP contribution in [0.25, 0.3) is 0 Å². The maximum atomic E-state index is 13.4. The van der Waals surface area contributed by atoms with Crippen LogP contribution in [0.1, 0.15) is 56.6 Å². The smallest absolute Gasteiger partial charge is 0.243 e. The molecule has 0 saturated heterocycles. The van der Waals surface area contributed by atoms with E-state index in [0.29, 0.717) is 21.5 Å². The second-order valence-corrected chi connectivity index (χ2v) is 9.61. The van der Waals surface area contributed by atoms with E-state index >= 15 is 0 Å². The fourth-order valence-electron chi connectivity index (χ4n) is 4.18. The van der Waals surface area contributed by atoms with Crippen LogP contribution in [0, 0.1) is 0 Å². The van der Waals surface area contributed by atoms with Gasteiger partial charge in [-0.3, -0.25) is 9.59 Å². The van der Waals surface area contributed by atoms with E-state index in [0.717, 1.165) is 36.8 Å². The molecule has 2 aromatic rings. The highest BCUT2D eigenvalue weighted by atomic mass is 35.5. The molecule has 1 atom stereocenters. The SMILES string of the molecule is CC[C@H](C(=O)NC1CCCCC1)N(Cc1ccc(Cl)cc1Cl)C(=O)Cc1ccc(Cl)cc1. The van der Waals surface area contributed by atoms with Gasteiger partial charge >= 0.3 is 0 Å². The molecule has 0 bridgehead atoms. The van der Waals surface area contributed by atoms with E-state index in [1.807, 2.05) is 19.1 Å². The van der Waals surface area contributed by atoms with E-state index in [1.54, 1.807) is 35.2 Å². The van der Waals surface area contributed by atoms with E-state index < -0.39 is 6.04 Å². The van der Waals surface area contributed by atoms with Crippen LogP contribution in [-0.2, 0) is 22.6 Å². The fraction of sp³-hybridized carbons (Fsp3) is 0.440. The fourth-order valence-corrected chi connectivity index (χ4v) is 4.77. The highest BCUT2D eigenvalue weighted by Gasteiger charge is 2.30. The van der Waals surface area contributed by atoms with Crippen LogP contribution in [-0.4, -0.2) is 28.8 Å². The van der Waals surface area contributed by atoms with Crippen molar-refractivity contribution in [2.75, 3.05) is 0 Å². The topological polar surface area (TPSA) is 49.4 Å². The molecule has 0 heterocycles. The number of hydrogen-bond donors (Lipinski definition) is 1. The molecular weight excluding hydrogens is 467 g/mol. The molecule has 1 saturated carbocycles. The summed E-state index contributed by atoms with van der Waals surface area (Å²) in [6.45, 7) is 2.16. The molecule has 0 aliphatic heterocycles. The molecule has 1 aliphatic carbocycles. The van der Waals surface area contributed by atoms with Gasteiger partial charge in [-0.15, -0.1) is 0 Å². The van der Waals surface area contributed by atoms with Gasteiger partial charge in [0.2, 0.25) is 11.8 Å². The van der Waals surface area contributed by atoms with Gasteiger partial charge in [0.15, 0.2) is 0 Å². The predicted octanol–water partition coefficient (Wildman–Crippen LogP) is 6.45. The molecular formula is C25H29Cl3N2O2. The molecule has 1 fully saturated rings. The first-order valence-corrected chi connectivity index (χ1v) is 12.3. The molecule has 172 valence electrons. The normalized spacial score (nSPS) is 15.2. The van der Waals surface area contributed by atoms with Gasteiger partial charge in [-0.2, -0.15) is 0 Å². The highest BCUT2D eigenvalue weighted by molar-refractivity contribution is 6.35. The van der Waals surface area contributed by atoms with Gasteiger partial charge in [-0.25, -0.2) is 0 Å². The molecule has 2 aromatic carbocycles. The Morgan fingerprint density at radius 2 is 1.66 bits per heavy atom. The number of benzene rings is 2. The largest absolute Gasteiger partial charge is 0.352 e. The van der Waals surface area contributed by atoms with Crippen LogP contribution in [0.2, 0.25) is 15.1 Å². The first-order chi connectivity index (χ1) is 15.4. The molecule has 0 spiro atoms. The summed E-state index contributed by atoms with van der Waals surface area (Å²) >= 11 is 18.4. The Balaban J connectivity index is 1.83. The van der Waals surface area contributed by atoms with Crippen molar-refractivity contribution in [3.8, 4) is 0 Å². The maximum Gasteiger partial charge on any atom is 0.243 e. The number of amides is 2. The Kier molecular flexibility index (Phi) is 9.27. The van der Waals surface area contributed by atoms with Crippen molar-refractivity contribution in [3.05, 3.63) is 68.7 Å². The minimum Gasteiger partial charge on any atom is -0.352 e. The number of carbonyl (C=O) groups excluding carboxylic acids is 2. The summed E-state index contributed by atoms with van der Waals surface area (Å²) in [5, 5.41) is 4.80. The second-order valence-electron chi connectivity index (χ2n) is 8.33. The molecule has 0 unspecified atom stereocenters. The summed E-state index contributed by atoms with van der Waals surface area (Å²) in [4.78, 5) is 28.3. The lowest BCUT2D eigenvalue weighted by Crippen LogP contribution is -2.52. The van der Waals surface area contributed by atoms with E-state index in [1.165, 1.54) is 6.42 Å². The number of hydrogen-bond acceptors (Lipinski definition) is 2. The Morgan fingerprint density at radius 1 is 1.00 bits per heavy atom. The Bertz CT molecular complexity index is 927. The third-order valence-electron chi connectivity index (χ3n) is 5.96. The van der Waals surface area contributed by atoms with E-state index in [9.17, 15) is 9.59 Å². The summed E-state index contributed by atoms with van der Waals surface area (Å²) < 4.78 is 0. The van der Waals surface area contributed by atoms with Crippen molar-refractivity contribution in [3.63, 3.8) is 0 Å². The summed E-state index contributed by atoms with van der Waals surface area (Å²) in [6.07, 6.45) is 6.13. The van der Waals surface area contributed by atoms with Gasteiger partial charge in [-0.1, -0.05) is 79.2 Å². The zero-order valence-electron chi connectivity index (χ0n) is 18.3. The van der Waals surface area contributed by atoms with Crippen LogP contribution < -0.4 is 5.32 Å². The number of nitrogens with one attached hydrogen (secondary N) is 1. The van der Waals surface area contributed by atoms with Crippen LogP contribution in [0.4, 0.5) is 0 Å². The van der Waals surface area contributed by atoms with Crippen molar-refractivity contribution in [1.29, 1.82) is 0 Å². The van der Waals surface area contributed by atoms with Crippen molar-refractivity contribution >= 4 is 46.6 Å². The molecule has 0 radical (unpaired) electrons. The van der Waals surface area contributed by atoms with Crippen LogP contribution in [0.5, 0.6) is 0 Å². The van der Waals surface area contributed by atoms with Crippen LogP contribution in [0.3, 0.4) is 0 Å². The van der Waals surface area contributed by atoms with Gasteiger partial charge < -0.3 is 10.2 Å². The third-order valence-corrected chi connectivity index (χ3v) is 6.80. The first kappa shape index (κ1) is 24.9. The summed E-state index contributed by atoms with van der Waals surface area (Å²) in [5.74, 6) is -0.238. The molecule has 7 heteroatoms. The lowest BCUT2D eigenvalue weighted by Gasteiger charge is -2.33. The van der Waals surface area contributed by atoms with Gasteiger partial charge in [0, 0.05) is 27.7 Å². The third kappa shape index (κ3) is 6.87. The molecule has 3 rings (SSSR count). The maximum absolute atomic E-state index is 13.4. The monoisotopic (exact) mass is 494 g/mol. The second kappa shape index (κ2) is 11.9. The minimum absolute atomic E-state index is 0.103. The van der Waals surface area contributed by atoms with Gasteiger partial charge in [0.25, 0.3) is 0 Å². The number of carbonyl (C=O) groups is 2. The lowest BCUT2D eigenvalue weighted by molar-refractivity contribution is -0.141.